The molecule has 0 aromatic rings. The van der Waals surface area contributed by atoms with Crippen molar-refractivity contribution in [1.82, 2.24) is 4.90 Å². The first kappa shape index (κ1) is 10.2. The molecular weight excluding hydrogens is 138 g/mol. The summed E-state index contributed by atoms with van der Waals surface area (Å²) in [5.74, 6) is 0. The monoisotopic (exact) mass is 154 g/mol. The molecule has 0 aromatic heterocycles. The normalized spacial score (nSPS) is 19.7. The molecule has 0 aromatic carbocycles. The molecule has 0 bridgehead atoms. The van der Waals surface area contributed by atoms with Gasteiger partial charge in [0.05, 0.1) is 0 Å². The minimum absolute atomic E-state index is 0. The predicted octanol–water partition coefficient (Wildman–Crippen LogP) is 0.390. The van der Waals surface area contributed by atoms with Crippen LogP contribution in [0.4, 0.5) is 0 Å². The van der Waals surface area contributed by atoms with Crippen LogP contribution < -0.4 is 0 Å². The first-order chi connectivity index (χ1) is 3.93. The van der Waals surface area contributed by atoms with E-state index in [0.717, 1.165) is 6.42 Å². The van der Waals surface area contributed by atoms with Crippen LogP contribution in [0, 0.1) is 6.92 Å². The van der Waals surface area contributed by atoms with E-state index < -0.39 is 0 Å². The third-order valence-corrected chi connectivity index (χ3v) is 1.67. The summed E-state index contributed by atoms with van der Waals surface area (Å²) in [6, 6.07) is 0. The van der Waals surface area contributed by atoms with Crippen molar-refractivity contribution in [3.8, 4) is 0 Å². The van der Waals surface area contributed by atoms with Gasteiger partial charge in [0.15, 0.2) is 0 Å². The summed E-state index contributed by atoms with van der Waals surface area (Å²) in [5.41, 5.74) is 0. The topological polar surface area (TPSA) is 3.24 Å². The van der Waals surface area contributed by atoms with Crippen LogP contribution in [0.3, 0.4) is 0 Å². The Balaban J connectivity index is 0.000000640. The van der Waals surface area contributed by atoms with Gasteiger partial charge in [0.1, 0.15) is 0 Å². The van der Waals surface area contributed by atoms with Crippen molar-refractivity contribution in [2.75, 3.05) is 19.6 Å². The van der Waals surface area contributed by atoms with Crippen molar-refractivity contribution in [3.63, 3.8) is 0 Å². The van der Waals surface area contributed by atoms with E-state index in [0.29, 0.717) is 0 Å². The molecule has 0 spiro atoms. The zero-order valence-electron chi connectivity index (χ0n) is 5.40. The van der Waals surface area contributed by atoms with Crippen molar-refractivity contribution < 1.29 is 0 Å². The van der Waals surface area contributed by atoms with Gasteiger partial charge in [0.25, 0.3) is 0 Å². The van der Waals surface area contributed by atoms with Crippen molar-refractivity contribution in [2.24, 2.45) is 0 Å². The predicted molar refractivity (Wildman–Crippen MR) is 44.2 cm³/mol. The van der Waals surface area contributed by atoms with Crippen molar-refractivity contribution in [2.45, 2.75) is 19.3 Å². The van der Waals surface area contributed by atoms with Crippen LogP contribution in [0.2, 0.25) is 0 Å². The van der Waals surface area contributed by atoms with E-state index in [1.165, 1.54) is 32.5 Å². The molecule has 0 unspecified atom stereocenters. The third-order valence-electron chi connectivity index (χ3n) is 1.67. The molecular formula is C7H16CaN. The Morgan fingerprint density at radius 1 is 1.22 bits per heavy atom. The zero-order chi connectivity index (χ0) is 5.82. The van der Waals surface area contributed by atoms with Gasteiger partial charge in [0.2, 0.25) is 0 Å². The first-order valence-corrected chi connectivity index (χ1v) is 3.45. The van der Waals surface area contributed by atoms with Gasteiger partial charge in [-0.3, -0.25) is 0 Å². The summed E-state index contributed by atoms with van der Waals surface area (Å²) in [6.07, 6.45) is 3.88. The van der Waals surface area contributed by atoms with Crippen molar-refractivity contribution in [1.29, 1.82) is 0 Å². The fraction of sp³-hybridized carbons (Fsp3) is 0.857. The molecule has 1 aliphatic rings. The Hall–Kier alpha value is 1.22. The molecule has 0 amide bonds. The molecule has 0 atom stereocenters. The van der Waals surface area contributed by atoms with Crippen LogP contribution in [0.1, 0.15) is 19.3 Å². The molecule has 9 heavy (non-hydrogen) atoms. The molecule has 1 radical (unpaired) electrons. The van der Waals surface area contributed by atoms with Gasteiger partial charge in [-0.05, 0) is 38.9 Å². The second-order valence-electron chi connectivity index (χ2n) is 2.40. The first-order valence-electron chi connectivity index (χ1n) is 3.45. The zero-order valence-corrected chi connectivity index (χ0v) is 5.40. The average molecular weight is 154 g/mol. The summed E-state index contributed by atoms with van der Waals surface area (Å²) in [4.78, 5) is 2.48. The average Bonchev–Trinajstić information content (AvgIpc) is 2.19. The van der Waals surface area contributed by atoms with Gasteiger partial charge in [-0.1, -0.05) is 6.92 Å². The van der Waals surface area contributed by atoms with Gasteiger partial charge in [-0.25, -0.2) is 0 Å². The second kappa shape index (κ2) is 5.96. The van der Waals surface area contributed by atoms with E-state index in [1.807, 2.05) is 0 Å². The summed E-state index contributed by atoms with van der Waals surface area (Å²) in [5, 5.41) is 0. The van der Waals surface area contributed by atoms with Crippen LogP contribution in [0.5, 0.6) is 0 Å². The maximum atomic E-state index is 3.81. The number of hydrogen-bond acceptors (Lipinski definition) is 1. The van der Waals surface area contributed by atoms with Crippen LogP contribution in [-0.2, 0) is 0 Å². The number of rotatable bonds is 2. The molecule has 0 aliphatic carbocycles. The molecule has 51 valence electrons. The summed E-state index contributed by atoms with van der Waals surface area (Å²) in [7, 11) is 0. The standard InChI is InChI=1S/C7H14N.Ca.2H/c1-2-5-8-6-3-4-7-8;;;/h1-7H2;;;. The Kier molecular flexibility index (Phi) is 6.77. The molecule has 1 fully saturated rings. The molecule has 0 N–H and O–H groups in total. The fourth-order valence-electron chi connectivity index (χ4n) is 1.23. The second-order valence-corrected chi connectivity index (χ2v) is 2.40. The van der Waals surface area contributed by atoms with E-state index >= 15 is 0 Å². The van der Waals surface area contributed by atoms with Crippen LogP contribution in [0.25, 0.3) is 0 Å². The van der Waals surface area contributed by atoms with Crippen LogP contribution >= 0.6 is 0 Å². The number of likely N-dealkylation sites (tertiary alicyclic amines) is 1. The van der Waals surface area contributed by atoms with Gasteiger partial charge < -0.3 is 4.90 Å². The van der Waals surface area contributed by atoms with E-state index in [2.05, 4.69) is 11.8 Å². The summed E-state index contributed by atoms with van der Waals surface area (Å²) >= 11 is 0. The Bertz CT molecular complexity index is 59.9. The third kappa shape index (κ3) is 3.82. The SMILES string of the molecule is [CH2]CCN1CCCC1.[CaH2]. The van der Waals surface area contributed by atoms with Gasteiger partial charge in [-0.2, -0.15) is 0 Å². The molecule has 1 aliphatic heterocycles. The Labute approximate surface area is 87.8 Å². The van der Waals surface area contributed by atoms with Crippen LogP contribution in [0.15, 0.2) is 0 Å². The van der Waals surface area contributed by atoms with Gasteiger partial charge in [-0.15, -0.1) is 0 Å². The van der Waals surface area contributed by atoms with Crippen molar-refractivity contribution >= 4 is 37.7 Å². The number of hydrogen-bond donors (Lipinski definition) is 0. The van der Waals surface area contributed by atoms with Gasteiger partial charge in [0, 0.05) is 0 Å². The van der Waals surface area contributed by atoms with E-state index in [9.17, 15) is 0 Å². The maximum absolute atomic E-state index is 3.81. The summed E-state index contributed by atoms with van der Waals surface area (Å²) in [6.45, 7) is 7.65. The van der Waals surface area contributed by atoms with E-state index in [-0.39, 0.29) is 37.7 Å². The molecule has 1 rings (SSSR count). The quantitative estimate of drug-likeness (QED) is 0.520. The Morgan fingerprint density at radius 2 is 1.78 bits per heavy atom. The molecule has 1 nitrogen and oxygen atoms in total. The van der Waals surface area contributed by atoms with E-state index in [1.54, 1.807) is 0 Å². The van der Waals surface area contributed by atoms with Crippen LogP contribution in [-0.4, -0.2) is 62.3 Å². The van der Waals surface area contributed by atoms with Gasteiger partial charge >= 0.3 is 37.7 Å². The number of nitrogens with zero attached hydrogens (tertiary/aromatic N) is 1. The fourth-order valence-corrected chi connectivity index (χ4v) is 1.23. The van der Waals surface area contributed by atoms with E-state index in [4.69, 9.17) is 0 Å². The molecule has 1 saturated heterocycles. The summed E-state index contributed by atoms with van der Waals surface area (Å²) < 4.78 is 0. The molecule has 2 heteroatoms. The Morgan fingerprint density at radius 3 is 2.22 bits per heavy atom. The van der Waals surface area contributed by atoms with Crippen molar-refractivity contribution in [3.05, 3.63) is 6.92 Å². The molecule has 0 saturated carbocycles. The minimum atomic E-state index is 0. The molecule has 1 heterocycles.